The first-order valence-corrected chi connectivity index (χ1v) is 9.00. The number of nitrogens with one attached hydrogen (secondary N) is 2. The number of benzene rings is 1. The van der Waals surface area contributed by atoms with Gasteiger partial charge in [0, 0.05) is 25.1 Å². The monoisotopic (exact) mass is 347 g/mol. The molecule has 0 aliphatic heterocycles. The van der Waals surface area contributed by atoms with Gasteiger partial charge in [0.15, 0.2) is 0 Å². The summed E-state index contributed by atoms with van der Waals surface area (Å²) in [6.45, 7) is 2.87. The molecule has 1 aliphatic carbocycles. The van der Waals surface area contributed by atoms with Crippen molar-refractivity contribution in [3.05, 3.63) is 24.3 Å². The molecule has 0 spiro atoms. The average molecular weight is 347 g/mol. The minimum atomic E-state index is -0.124. The van der Waals surface area contributed by atoms with Crippen LogP contribution in [0.1, 0.15) is 45.4 Å². The summed E-state index contributed by atoms with van der Waals surface area (Å²) in [5.41, 5.74) is 6.60. The molecule has 0 aromatic heterocycles. The van der Waals surface area contributed by atoms with Gasteiger partial charge in [0.05, 0.1) is 6.54 Å². The number of carbonyl (C=O) groups is 2. The Bertz CT molecular complexity index is 583. The second-order valence-electron chi connectivity index (χ2n) is 6.85. The van der Waals surface area contributed by atoms with Gasteiger partial charge in [-0.05, 0) is 36.9 Å². The zero-order valence-electron chi connectivity index (χ0n) is 15.0. The quantitative estimate of drug-likeness (QED) is 0.630. The lowest BCUT2D eigenvalue weighted by Crippen LogP contribution is -2.39. The Hall–Kier alpha value is -2.08. The van der Waals surface area contributed by atoms with Gasteiger partial charge in [-0.1, -0.05) is 25.3 Å². The van der Waals surface area contributed by atoms with Crippen LogP contribution in [0.5, 0.6) is 5.75 Å². The third-order valence-corrected chi connectivity index (χ3v) is 4.73. The average Bonchev–Trinajstić information content (AvgIpc) is 2.59. The van der Waals surface area contributed by atoms with E-state index in [4.69, 9.17) is 10.5 Å². The number of nitrogens with two attached hydrogens (primary N) is 1. The maximum absolute atomic E-state index is 12.2. The van der Waals surface area contributed by atoms with Crippen molar-refractivity contribution >= 4 is 17.5 Å². The summed E-state index contributed by atoms with van der Waals surface area (Å²) in [6, 6.07) is 7.19. The summed E-state index contributed by atoms with van der Waals surface area (Å²) < 4.78 is 5.63. The number of ether oxygens (including phenoxy) is 1. The van der Waals surface area contributed by atoms with Crippen LogP contribution in [0.25, 0.3) is 0 Å². The molecule has 2 amide bonds. The highest BCUT2D eigenvalue weighted by molar-refractivity contribution is 5.88. The molecule has 0 atom stereocenters. The van der Waals surface area contributed by atoms with Crippen molar-refractivity contribution < 1.29 is 14.3 Å². The maximum atomic E-state index is 12.2. The van der Waals surface area contributed by atoms with E-state index in [1.165, 1.54) is 13.3 Å². The Labute approximate surface area is 149 Å². The van der Waals surface area contributed by atoms with Crippen molar-refractivity contribution in [3.8, 4) is 5.75 Å². The van der Waals surface area contributed by atoms with Crippen LogP contribution < -0.4 is 21.1 Å². The van der Waals surface area contributed by atoms with Gasteiger partial charge >= 0.3 is 0 Å². The fraction of sp³-hybridized carbons (Fsp3) is 0.579. The zero-order valence-corrected chi connectivity index (χ0v) is 15.0. The standard InChI is InChI=1S/C19H29N3O3/c1-15(23)22-16-6-5-7-17(12-16)25-11-10-21-18(24)13-19(14-20)8-3-2-4-9-19/h5-7,12H,2-4,8-11,13-14,20H2,1H3,(H,21,24)(H,22,23). The van der Waals surface area contributed by atoms with Crippen LogP contribution in [-0.2, 0) is 9.59 Å². The van der Waals surface area contributed by atoms with E-state index in [2.05, 4.69) is 10.6 Å². The van der Waals surface area contributed by atoms with Gasteiger partial charge in [-0.3, -0.25) is 9.59 Å². The summed E-state index contributed by atoms with van der Waals surface area (Å²) in [5.74, 6) is 0.579. The highest BCUT2D eigenvalue weighted by atomic mass is 16.5. The predicted molar refractivity (Wildman–Crippen MR) is 98.4 cm³/mol. The highest BCUT2D eigenvalue weighted by Crippen LogP contribution is 2.38. The summed E-state index contributed by atoms with van der Waals surface area (Å²) >= 11 is 0. The number of hydrogen-bond donors (Lipinski definition) is 3. The zero-order chi connectivity index (χ0) is 18.1. The molecule has 1 fully saturated rings. The van der Waals surface area contributed by atoms with Gasteiger partial charge in [-0.25, -0.2) is 0 Å². The second kappa shape index (κ2) is 9.42. The van der Waals surface area contributed by atoms with Crippen molar-refractivity contribution in [2.75, 3.05) is 25.0 Å². The van der Waals surface area contributed by atoms with Crippen molar-refractivity contribution in [2.24, 2.45) is 11.1 Å². The van der Waals surface area contributed by atoms with Gasteiger partial charge in [0.25, 0.3) is 0 Å². The molecule has 138 valence electrons. The number of amides is 2. The van der Waals surface area contributed by atoms with Crippen LogP contribution in [0.2, 0.25) is 0 Å². The van der Waals surface area contributed by atoms with Gasteiger partial charge in [-0.2, -0.15) is 0 Å². The Morgan fingerprint density at radius 1 is 1.24 bits per heavy atom. The predicted octanol–water partition coefficient (Wildman–Crippen LogP) is 2.44. The lowest BCUT2D eigenvalue weighted by molar-refractivity contribution is -0.124. The first kappa shape index (κ1) is 19.2. The molecule has 2 rings (SSSR count). The van der Waals surface area contributed by atoms with Crippen LogP contribution in [0.3, 0.4) is 0 Å². The molecule has 0 saturated heterocycles. The number of carbonyl (C=O) groups excluding carboxylic acids is 2. The van der Waals surface area contributed by atoms with Crippen LogP contribution in [0, 0.1) is 5.41 Å². The van der Waals surface area contributed by atoms with Gasteiger partial charge in [0.2, 0.25) is 11.8 Å². The van der Waals surface area contributed by atoms with E-state index in [9.17, 15) is 9.59 Å². The molecule has 6 nitrogen and oxygen atoms in total. The van der Waals surface area contributed by atoms with Crippen molar-refractivity contribution in [1.82, 2.24) is 5.32 Å². The van der Waals surface area contributed by atoms with Crippen molar-refractivity contribution in [2.45, 2.75) is 45.4 Å². The van der Waals surface area contributed by atoms with Crippen LogP contribution in [0.4, 0.5) is 5.69 Å². The summed E-state index contributed by atoms with van der Waals surface area (Å²) in [4.78, 5) is 23.3. The molecule has 25 heavy (non-hydrogen) atoms. The van der Waals surface area contributed by atoms with E-state index in [1.54, 1.807) is 12.1 Å². The molecular formula is C19H29N3O3. The Kier molecular flexibility index (Phi) is 7.25. The molecule has 1 aliphatic rings. The molecule has 1 aromatic carbocycles. The lowest BCUT2D eigenvalue weighted by atomic mass is 9.72. The van der Waals surface area contributed by atoms with E-state index in [1.807, 2.05) is 12.1 Å². The van der Waals surface area contributed by atoms with E-state index in [-0.39, 0.29) is 17.2 Å². The van der Waals surface area contributed by atoms with Crippen LogP contribution in [0.15, 0.2) is 24.3 Å². The van der Waals surface area contributed by atoms with E-state index >= 15 is 0 Å². The fourth-order valence-electron chi connectivity index (χ4n) is 3.38. The molecule has 1 saturated carbocycles. The van der Waals surface area contributed by atoms with Crippen molar-refractivity contribution in [1.29, 1.82) is 0 Å². The largest absolute Gasteiger partial charge is 0.492 e. The lowest BCUT2D eigenvalue weighted by Gasteiger charge is -2.35. The molecule has 4 N–H and O–H groups in total. The number of anilines is 1. The third kappa shape index (κ3) is 6.38. The molecule has 1 aromatic rings. The van der Waals surface area contributed by atoms with Gasteiger partial charge < -0.3 is 21.1 Å². The number of rotatable bonds is 8. The normalized spacial score (nSPS) is 16.1. The smallest absolute Gasteiger partial charge is 0.221 e. The van der Waals surface area contributed by atoms with Gasteiger partial charge in [0.1, 0.15) is 12.4 Å². The summed E-state index contributed by atoms with van der Waals surface area (Å²) in [6.07, 6.45) is 6.17. The highest BCUT2D eigenvalue weighted by Gasteiger charge is 2.32. The Balaban J connectivity index is 1.71. The van der Waals surface area contributed by atoms with E-state index in [0.717, 1.165) is 25.7 Å². The van der Waals surface area contributed by atoms with Crippen LogP contribution in [-0.4, -0.2) is 31.5 Å². The second-order valence-corrected chi connectivity index (χ2v) is 6.85. The van der Waals surface area contributed by atoms with E-state index in [0.29, 0.717) is 37.6 Å². The number of hydrogen-bond acceptors (Lipinski definition) is 4. The topological polar surface area (TPSA) is 93.5 Å². The molecular weight excluding hydrogens is 318 g/mol. The Morgan fingerprint density at radius 2 is 2.00 bits per heavy atom. The van der Waals surface area contributed by atoms with Crippen molar-refractivity contribution in [3.63, 3.8) is 0 Å². The minimum absolute atomic E-state index is 0.0180. The maximum Gasteiger partial charge on any atom is 0.221 e. The molecule has 0 bridgehead atoms. The fourth-order valence-corrected chi connectivity index (χ4v) is 3.38. The molecule has 0 unspecified atom stereocenters. The third-order valence-electron chi connectivity index (χ3n) is 4.73. The first-order chi connectivity index (χ1) is 12.0. The molecule has 0 radical (unpaired) electrons. The minimum Gasteiger partial charge on any atom is -0.492 e. The van der Waals surface area contributed by atoms with Gasteiger partial charge in [-0.15, -0.1) is 0 Å². The van der Waals surface area contributed by atoms with E-state index < -0.39 is 0 Å². The first-order valence-electron chi connectivity index (χ1n) is 9.00. The summed E-state index contributed by atoms with van der Waals surface area (Å²) in [5, 5.41) is 5.63. The molecule has 6 heteroatoms. The summed E-state index contributed by atoms with van der Waals surface area (Å²) in [7, 11) is 0. The Morgan fingerprint density at radius 3 is 2.68 bits per heavy atom. The molecule has 0 heterocycles. The SMILES string of the molecule is CC(=O)Nc1cccc(OCCNC(=O)CC2(CN)CCCCC2)c1. The van der Waals surface area contributed by atoms with Crippen LogP contribution >= 0.6 is 0 Å².